The van der Waals surface area contributed by atoms with Crippen LogP contribution in [0, 0.1) is 0 Å². The van der Waals surface area contributed by atoms with Crippen LogP contribution in [0.25, 0.3) is 10.9 Å². The van der Waals surface area contributed by atoms with E-state index in [4.69, 9.17) is 28.3 Å². The molecule has 10 nitrogen and oxygen atoms in total. The minimum atomic E-state index is -1.37. The highest BCUT2D eigenvalue weighted by Gasteiger charge is 2.17. The second kappa shape index (κ2) is 7.10. The van der Waals surface area contributed by atoms with Gasteiger partial charge in [0.1, 0.15) is 12.1 Å². The lowest BCUT2D eigenvalue weighted by molar-refractivity contribution is -0.122. The molecule has 3 aromatic rings. The second-order valence-corrected chi connectivity index (χ2v) is 5.96. The van der Waals surface area contributed by atoms with Crippen molar-refractivity contribution in [3.8, 4) is 0 Å². The average Bonchev–Trinajstić information content (AvgIpc) is 3.08. The first-order valence-corrected chi connectivity index (χ1v) is 7.87. The number of carbonyl (C=O) groups is 2. The minimum Gasteiger partial charge on any atom is -0.477 e. The molecule has 0 aliphatic carbocycles. The number of H-pyrrole nitrogens is 1. The number of hydrogen-bond donors (Lipinski definition) is 3. The van der Waals surface area contributed by atoms with Crippen LogP contribution in [0.15, 0.2) is 23.3 Å². The van der Waals surface area contributed by atoms with Gasteiger partial charge in [0.05, 0.1) is 15.6 Å². The molecule has 12 heteroatoms. The molecule has 0 spiro atoms. The molecular formula is C14H10Cl2N6O4. The number of halogens is 2. The van der Waals surface area contributed by atoms with Gasteiger partial charge in [-0.25, -0.2) is 4.79 Å². The molecule has 134 valence electrons. The highest BCUT2D eigenvalue weighted by atomic mass is 35.5. The van der Waals surface area contributed by atoms with E-state index in [1.165, 1.54) is 18.5 Å². The molecule has 1 aromatic carbocycles. The Balaban J connectivity index is 1.95. The molecule has 0 radical (unpaired) electrons. The third-order valence-corrected chi connectivity index (χ3v) is 4.33. The van der Waals surface area contributed by atoms with Crippen molar-refractivity contribution in [1.82, 2.24) is 30.5 Å². The average molecular weight is 397 g/mol. The van der Waals surface area contributed by atoms with Gasteiger partial charge in [0.2, 0.25) is 5.91 Å². The van der Waals surface area contributed by atoms with Gasteiger partial charge in [0, 0.05) is 17.5 Å². The minimum absolute atomic E-state index is 0.0498. The van der Waals surface area contributed by atoms with Crippen LogP contribution in [-0.4, -0.2) is 42.2 Å². The first-order valence-electron chi connectivity index (χ1n) is 7.11. The molecule has 3 N–H and O–H groups in total. The largest absolute Gasteiger partial charge is 0.477 e. The Hall–Kier alpha value is -2.98. The van der Waals surface area contributed by atoms with Gasteiger partial charge in [-0.2, -0.15) is 4.80 Å². The monoisotopic (exact) mass is 396 g/mol. The number of pyridine rings is 1. The van der Waals surface area contributed by atoms with Gasteiger partial charge in [-0.3, -0.25) is 9.59 Å². The van der Waals surface area contributed by atoms with E-state index in [1.807, 2.05) is 0 Å². The standard InChI is InChI=1S/C14H10Cl2N6O4/c15-9-2-6-1-7(14(25)26)13(24)20-12(6)8(11(9)16)3-17-10(23)4-22-19-5-18-21-22/h1-2,5H,3-4H2,(H,17,23)(H,20,24)(H,25,26). The molecule has 26 heavy (non-hydrogen) atoms. The zero-order valence-corrected chi connectivity index (χ0v) is 14.4. The number of aromatic nitrogens is 5. The Morgan fingerprint density at radius 3 is 2.73 bits per heavy atom. The highest BCUT2D eigenvalue weighted by molar-refractivity contribution is 6.43. The van der Waals surface area contributed by atoms with Crippen molar-refractivity contribution in [2.45, 2.75) is 13.1 Å². The van der Waals surface area contributed by atoms with Crippen LogP contribution in [0.2, 0.25) is 10.0 Å². The summed E-state index contributed by atoms with van der Waals surface area (Å²) in [7, 11) is 0. The van der Waals surface area contributed by atoms with E-state index < -0.39 is 23.0 Å². The van der Waals surface area contributed by atoms with Crippen LogP contribution in [-0.2, 0) is 17.9 Å². The topological polar surface area (TPSA) is 143 Å². The summed E-state index contributed by atoms with van der Waals surface area (Å²) in [4.78, 5) is 38.6. The Labute approximate surface area is 154 Å². The van der Waals surface area contributed by atoms with Crippen molar-refractivity contribution in [3.63, 3.8) is 0 Å². The summed E-state index contributed by atoms with van der Waals surface area (Å²) < 4.78 is 0. The van der Waals surface area contributed by atoms with Crippen LogP contribution in [0.3, 0.4) is 0 Å². The number of carbonyl (C=O) groups excluding carboxylic acids is 1. The second-order valence-electron chi connectivity index (χ2n) is 5.18. The number of amides is 1. The van der Waals surface area contributed by atoms with E-state index >= 15 is 0 Å². The molecule has 0 aliphatic rings. The number of aromatic carboxylic acids is 1. The fourth-order valence-corrected chi connectivity index (χ4v) is 2.77. The molecule has 2 aromatic heterocycles. The number of carboxylic acid groups (broad SMARTS) is 1. The van der Waals surface area contributed by atoms with Gasteiger partial charge in [-0.1, -0.05) is 23.2 Å². The maximum absolute atomic E-state index is 12.0. The zero-order valence-electron chi connectivity index (χ0n) is 12.9. The quantitative estimate of drug-likeness (QED) is 0.579. The number of benzene rings is 1. The fraction of sp³-hybridized carbons (Fsp3) is 0.143. The van der Waals surface area contributed by atoms with Crippen LogP contribution in [0.4, 0.5) is 0 Å². The van der Waals surface area contributed by atoms with E-state index in [0.717, 1.165) is 4.80 Å². The lowest BCUT2D eigenvalue weighted by Gasteiger charge is -2.12. The van der Waals surface area contributed by atoms with Crippen LogP contribution < -0.4 is 10.9 Å². The maximum atomic E-state index is 12.0. The molecule has 1 amide bonds. The molecule has 0 aliphatic heterocycles. The summed E-state index contributed by atoms with van der Waals surface area (Å²) in [5, 5.41) is 23.1. The number of tetrazole rings is 1. The normalized spacial score (nSPS) is 10.8. The molecule has 3 rings (SSSR count). The van der Waals surface area contributed by atoms with Crippen molar-refractivity contribution in [2.24, 2.45) is 0 Å². The zero-order chi connectivity index (χ0) is 18.8. The number of fused-ring (bicyclic) bond motifs is 1. The van der Waals surface area contributed by atoms with Crippen LogP contribution >= 0.6 is 23.2 Å². The lowest BCUT2D eigenvalue weighted by Crippen LogP contribution is -2.28. The highest BCUT2D eigenvalue weighted by Crippen LogP contribution is 2.32. The Morgan fingerprint density at radius 1 is 1.31 bits per heavy atom. The summed E-state index contributed by atoms with van der Waals surface area (Å²) in [6.45, 7) is -0.207. The summed E-state index contributed by atoms with van der Waals surface area (Å²) in [6, 6.07) is 2.63. The summed E-state index contributed by atoms with van der Waals surface area (Å²) in [5.74, 6) is -1.79. The van der Waals surface area contributed by atoms with Crippen molar-refractivity contribution >= 4 is 46.0 Å². The van der Waals surface area contributed by atoms with E-state index in [9.17, 15) is 14.4 Å². The van der Waals surface area contributed by atoms with E-state index in [1.54, 1.807) is 0 Å². The third-order valence-electron chi connectivity index (χ3n) is 3.50. The lowest BCUT2D eigenvalue weighted by atomic mass is 10.1. The number of rotatable bonds is 5. The van der Waals surface area contributed by atoms with Crippen LogP contribution in [0.1, 0.15) is 15.9 Å². The molecule has 0 saturated heterocycles. The SMILES string of the molecule is O=C(Cn1ncnn1)NCc1c(Cl)c(Cl)cc2cc(C(=O)O)c(=O)[nH]c12. The van der Waals surface area contributed by atoms with Gasteiger partial charge in [-0.15, -0.1) is 10.2 Å². The first-order chi connectivity index (χ1) is 12.4. The van der Waals surface area contributed by atoms with Gasteiger partial charge in [0.25, 0.3) is 5.56 Å². The van der Waals surface area contributed by atoms with E-state index in [2.05, 4.69) is 25.7 Å². The summed E-state index contributed by atoms with van der Waals surface area (Å²) >= 11 is 12.3. The predicted molar refractivity (Wildman–Crippen MR) is 91.2 cm³/mol. The first kappa shape index (κ1) is 17.8. The van der Waals surface area contributed by atoms with Gasteiger partial charge < -0.3 is 15.4 Å². The van der Waals surface area contributed by atoms with Gasteiger partial charge in [0.15, 0.2) is 6.33 Å². The van der Waals surface area contributed by atoms with Gasteiger partial charge >= 0.3 is 5.97 Å². The molecule has 0 unspecified atom stereocenters. The Morgan fingerprint density at radius 2 is 2.08 bits per heavy atom. The summed E-state index contributed by atoms with van der Waals surface area (Å²) in [6.07, 6.45) is 1.19. The molecule has 2 heterocycles. The number of carboxylic acids is 1. The maximum Gasteiger partial charge on any atom is 0.341 e. The Bertz CT molecular complexity index is 1060. The van der Waals surface area contributed by atoms with Gasteiger partial charge in [-0.05, 0) is 17.3 Å². The molecular weight excluding hydrogens is 387 g/mol. The third kappa shape index (κ3) is 3.51. The number of hydrogen-bond acceptors (Lipinski definition) is 6. The number of aromatic amines is 1. The fourth-order valence-electron chi connectivity index (χ4n) is 2.32. The predicted octanol–water partition coefficient (Wildman–Crippen LogP) is 0.836. The Kier molecular flexibility index (Phi) is 4.87. The molecule has 0 fully saturated rings. The molecule has 0 atom stereocenters. The van der Waals surface area contributed by atoms with E-state index in [-0.39, 0.29) is 28.7 Å². The van der Waals surface area contributed by atoms with Crippen LogP contribution in [0.5, 0.6) is 0 Å². The van der Waals surface area contributed by atoms with Crippen molar-refractivity contribution in [3.05, 3.63) is 50.0 Å². The number of nitrogens with zero attached hydrogens (tertiary/aromatic N) is 4. The van der Waals surface area contributed by atoms with E-state index in [0.29, 0.717) is 10.9 Å². The molecule has 0 bridgehead atoms. The number of nitrogens with one attached hydrogen (secondary N) is 2. The summed E-state index contributed by atoms with van der Waals surface area (Å²) in [5.41, 5.74) is -0.581. The van der Waals surface area contributed by atoms with Crippen molar-refractivity contribution in [1.29, 1.82) is 0 Å². The van der Waals surface area contributed by atoms with Crippen molar-refractivity contribution in [2.75, 3.05) is 0 Å². The smallest absolute Gasteiger partial charge is 0.341 e. The molecule has 0 saturated carbocycles. The van der Waals surface area contributed by atoms with Crippen molar-refractivity contribution < 1.29 is 14.7 Å².